The van der Waals surface area contributed by atoms with Crippen molar-refractivity contribution in [3.8, 4) is 0 Å². The fourth-order valence-electron chi connectivity index (χ4n) is 3.47. The topological polar surface area (TPSA) is 18.5 Å². The quantitative estimate of drug-likeness (QED) is 0.895. The van der Waals surface area contributed by atoms with Crippen molar-refractivity contribution in [2.24, 2.45) is 5.92 Å². The van der Waals surface area contributed by atoms with Gasteiger partial charge >= 0.3 is 0 Å². The maximum atomic E-state index is 3.77. The van der Waals surface area contributed by atoms with Crippen LogP contribution in [0.4, 0.5) is 5.69 Å². The zero-order chi connectivity index (χ0) is 13.2. The van der Waals surface area contributed by atoms with Crippen molar-refractivity contribution in [1.82, 2.24) is 9.80 Å². The summed E-state index contributed by atoms with van der Waals surface area (Å²) in [7, 11) is 4.24. The molecule has 3 saturated heterocycles. The maximum absolute atomic E-state index is 3.77. The van der Waals surface area contributed by atoms with Crippen LogP contribution in [-0.2, 0) is 6.54 Å². The Kier molecular flexibility index (Phi) is 3.76. The SMILES string of the molecule is CN(C)Cc1cccc(NC2CN3CCC2CC3)c1. The van der Waals surface area contributed by atoms with Crippen LogP contribution in [0.3, 0.4) is 0 Å². The van der Waals surface area contributed by atoms with E-state index in [4.69, 9.17) is 0 Å². The van der Waals surface area contributed by atoms with Gasteiger partial charge in [-0.1, -0.05) is 12.1 Å². The summed E-state index contributed by atoms with van der Waals surface area (Å²) in [5.74, 6) is 0.877. The first-order valence-electron chi connectivity index (χ1n) is 7.43. The van der Waals surface area contributed by atoms with Crippen molar-refractivity contribution < 1.29 is 0 Å². The molecule has 1 atom stereocenters. The fraction of sp³-hybridized carbons (Fsp3) is 0.625. The molecule has 3 heteroatoms. The molecule has 2 bridgehead atoms. The Morgan fingerprint density at radius 3 is 2.68 bits per heavy atom. The van der Waals surface area contributed by atoms with Crippen LogP contribution in [0.25, 0.3) is 0 Å². The van der Waals surface area contributed by atoms with Gasteiger partial charge < -0.3 is 15.1 Å². The molecule has 0 amide bonds. The van der Waals surface area contributed by atoms with Gasteiger partial charge in [0.1, 0.15) is 0 Å². The molecule has 0 saturated carbocycles. The predicted octanol–water partition coefficient (Wildman–Crippen LogP) is 2.25. The minimum Gasteiger partial charge on any atom is -0.381 e. The van der Waals surface area contributed by atoms with E-state index in [0.29, 0.717) is 6.04 Å². The van der Waals surface area contributed by atoms with Gasteiger partial charge in [-0.05, 0) is 63.6 Å². The van der Waals surface area contributed by atoms with E-state index in [1.807, 2.05) is 0 Å². The van der Waals surface area contributed by atoms with Crippen LogP contribution in [0, 0.1) is 5.92 Å². The lowest BCUT2D eigenvalue weighted by molar-refractivity contribution is 0.0975. The van der Waals surface area contributed by atoms with Crippen molar-refractivity contribution in [3.05, 3.63) is 29.8 Å². The van der Waals surface area contributed by atoms with Crippen LogP contribution >= 0.6 is 0 Å². The van der Waals surface area contributed by atoms with Gasteiger partial charge in [0.15, 0.2) is 0 Å². The molecule has 1 N–H and O–H groups in total. The Labute approximate surface area is 116 Å². The maximum Gasteiger partial charge on any atom is 0.0417 e. The van der Waals surface area contributed by atoms with E-state index in [-0.39, 0.29) is 0 Å². The average Bonchev–Trinajstić information content (AvgIpc) is 2.39. The summed E-state index contributed by atoms with van der Waals surface area (Å²) in [6.07, 6.45) is 2.74. The normalized spacial score (nSPS) is 29.7. The molecule has 3 aliphatic heterocycles. The number of nitrogens with zero attached hydrogens (tertiary/aromatic N) is 2. The highest BCUT2D eigenvalue weighted by molar-refractivity contribution is 5.47. The van der Waals surface area contributed by atoms with Gasteiger partial charge in [0.05, 0.1) is 0 Å². The van der Waals surface area contributed by atoms with Crippen LogP contribution in [0.5, 0.6) is 0 Å². The number of hydrogen-bond donors (Lipinski definition) is 1. The molecular formula is C16H25N3. The number of anilines is 1. The molecule has 104 valence electrons. The molecular weight excluding hydrogens is 234 g/mol. The zero-order valence-corrected chi connectivity index (χ0v) is 12.1. The molecule has 4 rings (SSSR count). The molecule has 1 aromatic carbocycles. The summed E-state index contributed by atoms with van der Waals surface area (Å²) in [5.41, 5.74) is 2.68. The van der Waals surface area contributed by atoms with Crippen molar-refractivity contribution in [1.29, 1.82) is 0 Å². The van der Waals surface area contributed by atoms with Crippen molar-refractivity contribution in [2.75, 3.05) is 39.0 Å². The van der Waals surface area contributed by atoms with Gasteiger partial charge in [0, 0.05) is 24.8 Å². The van der Waals surface area contributed by atoms with E-state index < -0.39 is 0 Å². The van der Waals surface area contributed by atoms with Crippen molar-refractivity contribution in [2.45, 2.75) is 25.4 Å². The third-order valence-electron chi connectivity index (χ3n) is 4.43. The van der Waals surface area contributed by atoms with E-state index >= 15 is 0 Å². The summed E-state index contributed by atoms with van der Waals surface area (Å²) in [6, 6.07) is 9.54. The molecule has 1 unspecified atom stereocenters. The third-order valence-corrected chi connectivity index (χ3v) is 4.43. The minimum atomic E-state index is 0.650. The lowest BCUT2D eigenvalue weighted by atomic mass is 9.84. The summed E-state index contributed by atoms with van der Waals surface area (Å²) >= 11 is 0. The Balaban J connectivity index is 1.66. The van der Waals surface area contributed by atoms with E-state index in [0.717, 1.165) is 12.5 Å². The zero-order valence-electron chi connectivity index (χ0n) is 12.1. The summed E-state index contributed by atoms with van der Waals surface area (Å²) in [6.45, 7) is 4.85. The van der Waals surface area contributed by atoms with Gasteiger partial charge in [0.2, 0.25) is 0 Å². The van der Waals surface area contributed by atoms with Gasteiger partial charge in [-0.3, -0.25) is 0 Å². The second-order valence-electron chi connectivity index (χ2n) is 6.33. The largest absolute Gasteiger partial charge is 0.381 e. The Morgan fingerprint density at radius 1 is 1.26 bits per heavy atom. The average molecular weight is 259 g/mol. The van der Waals surface area contributed by atoms with Crippen LogP contribution < -0.4 is 5.32 Å². The van der Waals surface area contributed by atoms with E-state index in [9.17, 15) is 0 Å². The lowest BCUT2D eigenvalue weighted by Gasteiger charge is -2.45. The standard InChI is InChI=1S/C16H25N3/c1-18(2)11-13-4-3-5-15(10-13)17-16-12-19-8-6-14(16)7-9-19/h3-5,10,14,16-17H,6-9,11-12H2,1-2H3. The second kappa shape index (κ2) is 5.51. The first-order chi connectivity index (χ1) is 9.20. The van der Waals surface area contributed by atoms with Crippen molar-refractivity contribution >= 4 is 5.69 Å². The summed E-state index contributed by atoms with van der Waals surface area (Å²) in [5, 5.41) is 3.77. The molecule has 3 aliphatic rings. The number of benzene rings is 1. The molecule has 0 radical (unpaired) electrons. The molecule has 0 aromatic heterocycles. The lowest BCUT2D eigenvalue weighted by Crippen LogP contribution is -2.53. The van der Waals surface area contributed by atoms with Crippen LogP contribution in [0.2, 0.25) is 0 Å². The van der Waals surface area contributed by atoms with Gasteiger partial charge in [0.25, 0.3) is 0 Å². The van der Waals surface area contributed by atoms with Gasteiger partial charge in [-0.15, -0.1) is 0 Å². The molecule has 1 aromatic rings. The Hall–Kier alpha value is -1.06. The first-order valence-corrected chi connectivity index (χ1v) is 7.43. The summed E-state index contributed by atoms with van der Waals surface area (Å²) < 4.78 is 0. The highest BCUT2D eigenvalue weighted by Crippen LogP contribution is 2.29. The van der Waals surface area contributed by atoms with Crippen molar-refractivity contribution in [3.63, 3.8) is 0 Å². The number of fused-ring (bicyclic) bond motifs is 3. The molecule has 3 heterocycles. The smallest absolute Gasteiger partial charge is 0.0417 e. The minimum absolute atomic E-state index is 0.650. The Bertz CT molecular complexity index is 422. The predicted molar refractivity (Wildman–Crippen MR) is 80.4 cm³/mol. The van der Waals surface area contributed by atoms with E-state index in [1.165, 1.54) is 43.7 Å². The summed E-state index contributed by atoms with van der Waals surface area (Å²) in [4.78, 5) is 4.81. The third kappa shape index (κ3) is 3.10. The highest BCUT2D eigenvalue weighted by atomic mass is 15.2. The first kappa shape index (κ1) is 12.9. The Morgan fingerprint density at radius 2 is 2.05 bits per heavy atom. The molecule has 3 nitrogen and oxygen atoms in total. The molecule has 19 heavy (non-hydrogen) atoms. The highest BCUT2D eigenvalue weighted by Gasteiger charge is 2.33. The van der Waals surface area contributed by atoms with Crippen LogP contribution in [0.1, 0.15) is 18.4 Å². The number of nitrogens with one attached hydrogen (secondary N) is 1. The van der Waals surface area contributed by atoms with Crippen LogP contribution in [-0.4, -0.2) is 49.6 Å². The second-order valence-corrected chi connectivity index (χ2v) is 6.33. The van der Waals surface area contributed by atoms with Gasteiger partial charge in [-0.2, -0.15) is 0 Å². The molecule has 0 aliphatic carbocycles. The van der Waals surface area contributed by atoms with E-state index in [2.05, 4.69) is 53.5 Å². The molecule has 0 spiro atoms. The number of hydrogen-bond acceptors (Lipinski definition) is 3. The molecule has 3 fully saturated rings. The fourth-order valence-corrected chi connectivity index (χ4v) is 3.47. The number of rotatable bonds is 4. The monoisotopic (exact) mass is 259 g/mol. The van der Waals surface area contributed by atoms with Crippen LogP contribution in [0.15, 0.2) is 24.3 Å². The number of piperidine rings is 3. The van der Waals surface area contributed by atoms with Gasteiger partial charge in [-0.25, -0.2) is 0 Å². The van der Waals surface area contributed by atoms with E-state index in [1.54, 1.807) is 0 Å².